The molecule has 3 heterocycles. The molecule has 1 aromatic carbocycles. The van der Waals surface area contributed by atoms with Crippen LogP contribution in [0.25, 0.3) is 0 Å². The van der Waals surface area contributed by atoms with Crippen molar-refractivity contribution in [3.05, 3.63) is 40.3 Å². The molecular formula is C18H20N2O3S. The summed E-state index contributed by atoms with van der Waals surface area (Å²) in [5.74, 6) is 1.70. The molecular weight excluding hydrogens is 324 g/mol. The number of piperidine rings is 1. The lowest BCUT2D eigenvalue weighted by molar-refractivity contribution is -0.142. The van der Waals surface area contributed by atoms with Gasteiger partial charge in [-0.3, -0.25) is 4.79 Å². The average Bonchev–Trinajstić information content (AvgIpc) is 3.07. The van der Waals surface area contributed by atoms with Crippen molar-refractivity contribution in [1.82, 2.24) is 9.88 Å². The highest BCUT2D eigenvalue weighted by Crippen LogP contribution is 2.33. The van der Waals surface area contributed by atoms with Crippen LogP contribution in [0.1, 0.15) is 29.5 Å². The van der Waals surface area contributed by atoms with Crippen LogP contribution in [0.4, 0.5) is 0 Å². The third-order valence-electron chi connectivity index (χ3n) is 4.50. The van der Waals surface area contributed by atoms with Crippen molar-refractivity contribution in [3.63, 3.8) is 0 Å². The highest BCUT2D eigenvalue weighted by atomic mass is 32.1. The van der Waals surface area contributed by atoms with E-state index in [1.165, 1.54) is 0 Å². The number of nitrogens with zero attached hydrogens (tertiary/aromatic N) is 2. The summed E-state index contributed by atoms with van der Waals surface area (Å²) >= 11 is 1.69. The van der Waals surface area contributed by atoms with Gasteiger partial charge in [-0.15, -0.1) is 11.3 Å². The van der Waals surface area contributed by atoms with Gasteiger partial charge >= 0.3 is 0 Å². The minimum Gasteiger partial charge on any atom is -0.485 e. The zero-order valence-corrected chi connectivity index (χ0v) is 14.4. The summed E-state index contributed by atoms with van der Waals surface area (Å²) in [5, 5.41) is 3.21. The first-order chi connectivity index (χ1) is 11.7. The molecule has 2 atom stereocenters. The van der Waals surface area contributed by atoms with Gasteiger partial charge in [0.2, 0.25) is 6.10 Å². The highest BCUT2D eigenvalue weighted by molar-refractivity contribution is 7.09. The predicted octanol–water partition coefficient (Wildman–Crippen LogP) is 3.00. The molecule has 2 aromatic rings. The number of ether oxygens (including phenoxy) is 2. The lowest BCUT2D eigenvalue weighted by Crippen LogP contribution is -2.49. The lowest BCUT2D eigenvalue weighted by atomic mass is 9.98. The Kier molecular flexibility index (Phi) is 4.14. The second-order valence-corrected chi connectivity index (χ2v) is 7.20. The van der Waals surface area contributed by atoms with Gasteiger partial charge in [-0.1, -0.05) is 12.1 Å². The van der Waals surface area contributed by atoms with Gasteiger partial charge in [-0.2, -0.15) is 0 Å². The van der Waals surface area contributed by atoms with E-state index in [9.17, 15) is 4.79 Å². The van der Waals surface area contributed by atoms with Gasteiger partial charge in [0.05, 0.1) is 5.01 Å². The number of carbonyl (C=O) groups is 1. The molecule has 0 N–H and O–H groups in total. The maximum absolute atomic E-state index is 12.8. The van der Waals surface area contributed by atoms with Gasteiger partial charge in [0.15, 0.2) is 11.5 Å². The van der Waals surface area contributed by atoms with Crippen molar-refractivity contribution in [2.24, 2.45) is 0 Å². The molecule has 2 aliphatic heterocycles. The van der Waals surface area contributed by atoms with Crippen LogP contribution in [0.5, 0.6) is 11.5 Å². The first kappa shape index (κ1) is 15.4. The fraction of sp³-hybridized carbons (Fsp3) is 0.444. The van der Waals surface area contributed by atoms with Crippen molar-refractivity contribution in [1.29, 1.82) is 0 Å². The average molecular weight is 344 g/mol. The van der Waals surface area contributed by atoms with Crippen LogP contribution in [-0.4, -0.2) is 41.6 Å². The van der Waals surface area contributed by atoms with Gasteiger partial charge < -0.3 is 14.4 Å². The standard InChI is InChI=1S/C18H20N2O3S/c1-12-11-24-17(19-12)13-5-4-8-20(9-13)18(21)16-10-22-14-6-2-3-7-15(14)23-16/h2-3,6-7,11,13,16H,4-5,8-10H2,1H3. The van der Waals surface area contributed by atoms with E-state index in [2.05, 4.69) is 10.4 Å². The molecule has 126 valence electrons. The van der Waals surface area contributed by atoms with E-state index in [1.807, 2.05) is 36.1 Å². The van der Waals surface area contributed by atoms with Gasteiger partial charge in [0, 0.05) is 30.1 Å². The molecule has 0 bridgehead atoms. The number of hydrogen-bond acceptors (Lipinski definition) is 5. The number of thiazole rings is 1. The Morgan fingerprint density at radius 1 is 1.33 bits per heavy atom. The summed E-state index contributed by atoms with van der Waals surface area (Å²) < 4.78 is 11.5. The molecule has 1 amide bonds. The lowest BCUT2D eigenvalue weighted by Gasteiger charge is -2.35. The normalized spacial score (nSPS) is 23.1. The predicted molar refractivity (Wildman–Crippen MR) is 91.8 cm³/mol. The van der Waals surface area contributed by atoms with Crippen LogP contribution in [0.3, 0.4) is 0 Å². The fourth-order valence-corrected chi connectivity index (χ4v) is 4.21. The van der Waals surface area contributed by atoms with Crippen LogP contribution >= 0.6 is 11.3 Å². The monoisotopic (exact) mass is 344 g/mol. The number of amides is 1. The van der Waals surface area contributed by atoms with Crippen molar-refractivity contribution in [2.75, 3.05) is 19.7 Å². The maximum Gasteiger partial charge on any atom is 0.267 e. The molecule has 0 radical (unpaired) electrons. The number of aromatic nitrogens is 1. The van der Waals surface area contributed by atoms with E-state index in [-0.39, 0.29) is 12.5 Å². The summed E-state index contributed by atoms with van der Waals surface area (Å²) in [6.45, 7) is 3.78. The number of para-hydroxylation sites is 2. The van der Waals surface area contributed by atoms with Crippen LogP contribution < -0.4 is 9.47 Å². The van der Waals surface area contributed by atoms with Crippen molar-refractivity contribution in [3.8, 4) is 11.5 Å². The van der Waals surface area contributed by atoms with E-state index < -0.39 is 6.10 Å². The molecule has 2 aliphatic rings. The zero-order valence-electron chi connectivity index (χ0n) is 13.6. The highest BCUT2D eigenvalue weighted by Gasteiger charge is 2.34. The first-order valence-electron chi connectivity index (χ1n) is 8.30. The molecule has 2 unspecified atom stereocenters. The van der Waals surface area contributed by atoms with Gasteiger partial charge in [-0.25, -0.2) is 4.98 Å². The van der Waals surface area contributed by atoms with E-state index in [4.69, 9.17) is 9.47 Å². The molecule has 5 nitrogen and oxygen atoms in total. The van der Waals surface area contributed by atoms with E-state index >= 15 is 0 Å². The van der Waals surface area contributed by atoms with Crippen LogP contribution in [0.15, 0.2) is 29.6 Å². The van der Waals surface area contributed by atoms with Gasteiger partial charge in [-0.05, 0) is 31.9 Å². The molecule has 6 heteroatoms. The van der Waals surface area contributed by atoms with E-state index in [0.717, 1.165) is 30.1 Å². The van der Waals surface area contributed by atoms with Crippen molar-refractivity contribution < 1.29 is 14.3 Å². The smallest absolute Gasteiger partial charge is 0.267 e. The third-order valence-corrected chi connectivity index (χ3v) is 5.63. The Hall–Kier alpha value is -2.08. The second kappa shape index (κ2) is 6.43. The number of carbonyl (C=O) groups excluding carboxylic acids is 1. The second-order valence-electron chi connectivity index (χ2n) is 6.31. The Bertz CT molecular complexity index is 745. The van der Waals surface area contributed by atoms with Gasteiger partial charge in [0.25, 0.3) is 5.91 Å². The number of aryl methyl sites for hydroxylation is 1. The molecule has 24 heavy (non-hydrogen) atoms. The molecule has 0 aliphatic carbocycles. The molecule has 4 rings (SSSR count). The Labute approximate surface area is 145 Å². The Balaban J connectivity index is 1.45. The molecule has 1 aromatic heterocycles. The first-order valence-corrected chi connectivity index (χ1v) is 9.18. The summed E-state index contributed by atoms with van der Waals surface area (Å²) in [4.78, 5) is 19.4. The summed E-state index contributed by atoms with van der Waals surface area (Å²) in [6, 6.07) is 7.48. The van der Waals surface area contributed by atoms with Gasteiger partial charge in [0.1, 0.15) is 6.61 Å². The van der Waals surface area contributed by atoms with Crippen LogP contribution in [0, 0.1) is 6.92 Å². The van der Waals surface area contributed by atoms with E-state index in [0.29, 0.717) is 24.0 Å². The number of fused-ring (bicyclic) bond motifs is 1. The Morgan fingerprint density at radius 3 is 2.96 bits per heavy atom. The zero-order chi connectivity index (χ0) is 16.5. The topological polar surface area (TPSA) is 51.7 Å². The quantitative estimate of drug-likeness (QED) is 0.840. The Morgan fingerprint density at radius 2 is 2.17 bits per heavy atom. The third kappa shape index (κ3) is 2.98. The number of hydrogen-bond donors (Lipinski definition) is 0. The minimum atomic E-state index is -0.559. The summed E-state index contributed by atoms with van der Waals surface area (Å²) in [6.07, 6.45) is 1.53. The molecule has 1 saturated heterocycles. The molecule has 0 saturated carbocycles. The van der Waals surface area contributed by atoms with Crippen molar-refractivity contribution in [2.45, 2.75) is 31.8 Å². The van der Waals surface area contributed by atoms with Crippen molar-refractivity contribution >= 4 is 17.2 Å². The minimum absolute atomic E-state index is 0.0162. The summed E-state index contributed by atoms with van der Waals surface area (Å²) in [5.41, 5.74) is 1.05. The number of likely N-dealkylation sites (tertiary alicyclic amines) is 1. The largest absolute Gasteiger partial charge is 0.485 e. The van der Waals surface area contributed by atoms with Crippen LogP contribution in [0.2, 0.25) is 0 Å². The molecule has 1 fully saturated rings. The maximum atomic E-state index is 12.8. The van der Waals surface area contributed by atoms with Crippen LogP contribution in [-0.2, 0) is 4.79 Å². The molecule has 0 spiro atoms. The SMILES string of the molecule is Cc1csc(C2CCCN(C(=O)C3COc4ccccc4O3)C2)n1. The fourth-order valence-electron chi connectivity index (χ4n) is 3.28. The number of benzene rings is 1. The summed E-state index contributed by atoms with van der Waals surface area (Å²) in [7, 11) is 0. The number of rotatable bonds is 2. The van der Waals surface area contributed by atoms with E-state index in [1.54, 1.807) is 11.3 Å².